The van der Waals surface area contributed by atoms with Gasteiger partial charge < -0.3 is 43.4 Å². The first-order chi connectivity index (χ1) is 34.2. The van der Waals surface area contributed by atoms with Crippen LogP contribution in [0.5, 0.6) is 0 Å². The van der Waals surface area contributed by atoms with Gasteiger partial charge >= 0.3 is 24.3 Å². The number of fused-ring (bicyclic) bond motifs is 1. The number of alkyl halides is 3. The first-order valence-electron chi connectivity index (χ1n) is 24.4. The fraction of sp³-hybridized carbons (Fsp3) is 0.463. The standard InChI is InChI=1S/C54H66F3N7O8/c1-35(69-7)47-43(28-41(30-58-47)62-21-23-63(24-22-62)51(68)70-32-36-13-9-8-10-14-36)48-44(29-53(5,6)34-71-49(66)45-17-12-20-59-61-45)42-27-39(18-19-46(42)64(48)33-54(55,56)57)38-16-11-15-37(25-38)26-40(31-65)60-50(67)72-52(2,3)4/h8-11,13-16,18-19,25,27-28,30-31,35,40,45,59,61H,12,17,20-24,26,29,32-34H2,1-7H3,(H,60,67)/t35-,40-,45?/m0/s1. The third-order valence-corrected chi connectivity index (χ3v) is 12.7. The van der Waals surface area contributed by atoms with Crippen LogP contribution in [-0.4, -0.2) is 109 Å². The maximum Gasteiger partial charge on any atom is 0.410 e. The first kappa shape index (κ1) is 53.3. The monoisotopic (exact) mass is 997 g/mol. The van der Waals surface area contributed by atoms with Gasteiger partial charge in [-0.3, -0.25) is 15.2 Å². The minimum atomic E-state index is -4.65. The molecule has 0 spiro atoms. The number of benzene rings is 3. The van der Waals surface area contributed by atoms with Gasteiger partial charge in [0.25, 0.3) is 0 Å². The van der Waals surface area contributed by atoms with Crippen LogP contribution in [0.4, 0.5) is 28.4 Å². The number of rotatable bonds is 17. The summed E-state index contributed by atoms with van der Waals surface area (Å²) in [5.41, 5.74) is 10.2. The molecule has 2 fully saturated rings. The molecular formula is C54H66F3N7O8. The van der Waals surface area contributed by atoms with Gasteiger partial charge in [-0.15, -0.1) is 0 Å². The number of nitrogens with zero attached hydrogens (tertiary/aromatic N) is 4. The van der Waals surface area contributed by atoms with E-state index in [1.54, 1.807) is 50.9 Å². The van der Waals surface area contributed by atoms with E-state index >= 15 is 13.2 Å². The fourth-order valence-electron chi connectivity index (χ4n) is 9.11. The Kier molecular flexibility index (Phi) is 17.0. The second-order valence-electron chi connectivity index (χ2n) is 20.3. The van der Waals surface area contributed by atoms with E-state index < -0.39 is 60.1 Å². The summed E-state index contributed by atoms with van der Waals surface area (Å²) < 4.78 is 69.3. The first-order valence-corrected chi connectivity index (χ1v) is 24.4. The Morgan fingerprint density at radius 2 is 1.62 bits per heavy atom. The van der Waals surface area contributed by atoms with Gasteiger partial charge in [-0.05, 0) is 99.4 Å². The highest BCUT2D eigenvalue weighted by Crippen LogP contribution is 2.44. The van der Waals surface area contributed by atoms with Crippen LogP contribution >= 0.6 is 0 Å². The molecule has 15 nitrogen and oxygen atoms in total. The molecule has 7 rings (SSSR count). The van der Waals surface area contributed by atoms with E-state index in [0.717, 1.165) is 29.7 Å². The van der Waals surface area contributed by atoms with E-state index in [9.17, 15) is 19.2 Å². The number of alkyl carbamates (subject to hydrolysis) is 1. The molecule has 5 aromatic rings. The molecule has 1 unspecified atom stereocenters. The van der Waals surface area contributed by atoms with Crippen molar-refractivity contribution in [2.45, 2.75) is 110 Å². The lowest BCUT2D eigenvalue weighted by Crippen LogP contribution is -2.50. The summed E-state index contributed by atoms with van der Waals surface area (Å²) in [6.07, 6.45) is -2.39. The van der Waals surface area contributed by atoms with Crippen molar-refractivity contribution in [1.29, 1.82) is 0 Å². The number of carbonyl (C=O) groups excluding carboxylic acids is 4. The smallest absolute Gasteiger partial charge is 0.410 e. The van der Waals surface area contributed by atoms with Gasteiger partial charge in [0.1, 0.15) is 31.1 Å². The number of hydrogen-bond donors (Lipinski definition) is 3. The molecule has 3 atom stereocenters. The van der Waals surface area contributed by atoms with Gasteiger partial charge in [0.05, 0.1) is 42.0 Å². The van der Waals surface area contributed by atoms with Crippen molar-refractivity contribution >= 4 is 41.0 Å². The number of halogens is 3. The number of amides is 2. The van der Waals surface area contributed by atoms with E-state index in [1.165, 1.54) is 11.7 Å². The third-order valence-electron chi connectivity index (χ3n) is 12.7. The second kappa shape index (κ2) is 22.9. The Balaban J connectivity index is 1.30. The lowest BCUT2D eigenvalue weighted by molar-refractivity contribution is -0.150. The topological polar surface area (TPSA) is 166 Å². The van der Waals surface area contributed by atoms with Gasteiger partial charge in [0, 0.05) is 61.7 Å². The molecule has 2 aliphatic heterocycles. The molecule has 2 amide bonds. The van der Waals surface area contributed by atoms with Crippen LogP contribution in [0.15, 0.2) is 85.1 Å². The number of pyridine rings is 1. The normalized spacial score (nSPS) is 16.5. The van der Waals surface area contributed by atoms with Gasteiger partial charge in [-0.2, -0.15) is 13.2 Å². The van der Waals surface area contributed by atoms with Crippen molar-refractivity contribution in [3.63, 3.8) is 0 Å². The summed E-state index contributed by atoms with van der Waals surface area (Å²) in [6, 6.07) is 22.6. The lowest BCUT2D eigenvalue weighted by Gasteiger charge is -2.35. The van der Waals surface area contributed by atoms with Crippen LogP contribution in [-0.2, 0) is 54.5 Å². The zero-order chi connectivity index (χ0) is 51.8. The van der Waals surface area contributed by atoms with Crippen LogP contribution < -0.4 is 21.1 Å². The maximum absolute atomic E-state index is 15.1. The maximum atomic E-state index is 15.1. The molecule has 2 saturated heterocycles. The summed E-state index contributed by atoms with van der Waals surface area (Å²) in [6.45, 7) is 11.8. The zero-order valence-corrected chi connectivity index (χ0v) is 42.1. The highest BCUT2D eigenvalue weighted by Gasteiger charge is 2.36. The predicted molar refractivity (Wildman–Crippen MR) is 268 cm³/mol. The molecule has 72 heavy (non-hydrogen) atoms. The number of esters is 1. The number of hydrogen-bond acceptors (Lipinski definition) is 12. The molecule has 0 radical (unpaired) electrons. The molecule has 0 saturated carbocycles. The molecule has 18 heteroatoms. The van der Waals surface area contributed by atoms with Gasteiger partial charge in [0.15, 0.2) is 0 Å². The molecule has 0 bridgehead atoms. The van der Waals surface area contributed by atoms with Crippen molar-refractivity contribution in [2.75, 3.05) is 51.3 Å². The van der Waals surface area contributed by atoms with Gasteiger partial charge in [-0.25, -0.2) is 15.0 Å². The molecule has 2 aliphatic rings. The van der Waals surface area contributed by atoms with E-state index in [1.807, 2.05) is 80.6 Å². The number of aromatic nitrogens is 2. The lowest BCUT2D eigenvalue weighted by atomic mass is 9.84. The van der Waals surface area contributed by atoms with Gasteiger partial charge in [-0.1, -0.05) is 74.5 Å². The summed E-state index contributed by atoms with van der Waals surface area (Å²) in [5, 5.41) is 3.17. The van der Waals surface area contributed by atoms with Crippen LogP contribution in [0.25, 0.3) is 33.3 Å². The number of methoxy groups -OCH3 is 1. The highest BCUT2D eigenvalue weighted by atomic mass is 19.4. The van der Waals surface area contributed by atoms with E-state index in [-0.39, 0.29) is 26.1 Å². The Hall–Kier alpha value is -6.50. The minimum Gasteiger partial charge on any atom is -0.464 e. The van der Waals surface area contributed by atoms with Crippen molar-refractivity contribution in [1.82, 2.24) is 30.6 Å². The van der Waals surface area contributed by atoms with Crippen molar-refractivity contribution in [2.24, 2.45) is 5.41 Å². The Morgan fingerprint density at radius 3 is 2.29 bits per heavy atom. The third kappa shape index (κ3) is 13.9. The summed E-state index contributed by atoms with van der Waals surface area (Å²) in [7, 11) is 1.52. The number of carbonyl (C=O) groups is 4. The summed E-state index contributed by atoms with van der Waals surface area (Å²) in [5.74, 6) is -0.423. The number of hydrazine groups is 1. The highest BCUT2D eigenvalue weighted by molar-refractivity contribution is 5.96. The number of ether oxygens (including phenoxy) is 4. The van der Waals surface area contributed by atoms with Crippen LogP contribution in [0.1, 0.15) is 82.9 Å². The largest absolute Gasteiger partial charge is 0.464 e. The second-order valence-corrected chi connectivity index (χ2v) is 20.3. The SMILES string of the molecule is CO[C@@H](C)c1ncc(N2CCN(C(=O)OCc3ccccc3)CC2)cc1-c1c(CC(C)(C)COC(=O)C2CCCNN2)c2cc(-c3cccc(C[C@@H](C=O)NC(=O)OC(C)(C)C)c3)ccc2n1CC(F)(F)F. The molecular weight excluding hydrogens is 932 g/mol. The predicted octanol–water partition coefficient (Wildman–Crippen LogP) is 9.10. The zero-order valence-electron chi connectivity index (χ0n) is 42.1. The number of nitrogens with one attached hydrogen (secondary N) is 3. The fourth-order valence-corrected chi connectivity index (χ4v) is 9.11. The number of aldehydes is 1. The van der Waals surface area contributed by atoms with Crippen molar-refractivity contribution in [3.8, 4) is 22.4 Å². The van der Waals surface area contributed by atoms with E-state index in [2.05, 4.69) is 21.1 Å². The van der Waals surface area contributed by atoms with Crippen LogP contribution in [0.3, 0.4) is 0 Å². The van der Waals surface area contributed by atoms with Crippen LogP contribution in [0.2, 0.25) is 0 Å². The number of piperazine rings is 1. The molecule has 3 aromatic carbocycles. The molecule has 0 aliphatic carbocycles. The Bertz CT molecular complexity index is 2690. The van der Waals surface area contributed by atoms with E-state index in [4.69, 9.17) is 23.9 Å². The Morgan fingerprint density at radius 1 is 0.903 bits per heavy atom. The van der Waals surface area contributed by atoms with Gasteiger partial charge in [0.2, 0.25) is 0 Å². The molecule has 2 aromatic heterocycles. The van der Waals surface area contributed by atoms with Crippen LogP contribution in [0, 0.1) is 5.41 Å². The molecule has 3 N–H and O–H groups in total. The Labute approximate surface area is 418 Å². The average molecular weight is 998 g/mol. The van der Waals surface area contributed by atoms with Crippen molar-refractivity contribution < 1.29 is 51.3 Å². The summed E-state index contributed by atoms with van der Waals surface area (Å²) in [4.78, 5) is 59.8. The molecule has 4 heterocycles. The summed E-state index contributed by atoms with van der Waals surface area (Å²) >= 11 is 0. The van der Waals surface area contributed by atoms with E-state index in [0.29, 0.717) is 83.6 Å². The van der Waals surface area contributed by atoms with Crippen molar-refractivity contribution in [3.05, 3.63) is 107 Å². The number of anilines is 1. The molecule has 386 valence electrons. The quantitative estimate of drug-likeness (QED) is 0.0461. The minimum absolute atomic E-state index is 0.0238. The average Bonchev–Trinajstić information content (AvgIpc) is 3.63.